The van der Waals surface area contributed by atoms with Gasteiger partial charge in [0.2, 0.25) is 0 Å². The van der Waals surface area contributed by atoms with E-state index < -0.39 is 5.97 Å². The van der Waals surface area contributed by atoms with Crippen molar-refractivity contribution in [3.8, 4) is 0 Å². The van der Waals surface area contributed by atoms with Gasteiger partial charge in [-0.3, -0.25) is 0 Å². The number of carbonyl (C=O) groups is 1. The second kappa shape index (κ2) is 3.84. The molecule has 0 atom stereocenters. The van der Waals surface area contributed by atoms with Gasteiger partial charge in [0.15, 0.2) is 0 Å². The van der Waals surface area contributed by atoms with E-state index in [0.717, 1.165) is 0 Å². The van der Waals surface area contributed by atoms with Gasteiger partial charge in [0, 0.05) is 5.39 Å². The number of hydrogen-bond donors (Lipinski definition) is 2. The number of anilines is 1. The van der Waals surface area contributed by atoms with Crippen LogP contribution >= 0.6 is 0 Å². The van der Waals surface area contributed by atoms with Crippen LogP contribution in [-0.4, -0.2) is 17.6 Å². The van der Waals surface area contributed by atoms with Crippen molar-refractivity contribution >= 4 is 22.7 Å². The number of aromatic nitrogens is 1. The Morgan fingerprint density at radius 2 is 2.31 bits per heavy atom. The number of ether oxygens (including phenoxy) is 1. The smallest absolute Gasteiger partial charge is 0.342 e. The lowest BCUT2D eigenvalue weighted by atomic mass is 10.1. The number of hydrogen-bond acceptors (Lipinski definition) is 3. The number of halogens is 1. The Labute approximate surface area is 91.2 Å². The van der Waals surface area contributed by atoms with Crippen molar-refractivity contribution in [1.82, 2.24) is 4.98 Å². The monoisotopic (exact) mass is 222 g/mol. The molecule has 1 heterocycles. The van der Waals surface area contributed by atoms with E-state index in [-0.39, 0.29) is 23.8 Å². The molecule has 0 radical (unpaired) electrons. The number of rotatable bonds is 2. The van der Waals surface area contributed by atoms with Crippen LogP contribution in [0.1, 0.15) is 17.3 Å². The highest BCUT2D eigenvalue weighted by atomic mass is 19.1. The van der Waals surface area contributed by atoms with Gasteiger partial charge in [0.05, 0.1) is 12.1 Å². The lowest BCUT2D eigenvalue weighted by molar-refractivity contribution is 0.0530. The molecule has 0 saturated carbocycles. The SMILES string of the molecule is CCOC(=O)c1c(N)[nH]c2cc(F)ccc12. The first-order valence-electron chi connectivity index (χ1n) is 4.87. The predicted octanol–water partition coefficient (Wildman–Crippen LogP) is 2.07. The second-order valence-electron chi connectivity index (χ2n) is 3.32. The van der Waals surface area contributed by atoms with Crippen molar-refractivity contribution < 1.29 is 13.9 Å². The summed E-state index contributed by atoms with van der Waals surface area (Å²) in [5.74, 6) is -0.693. The number of fused-ring (bicyclic) bond motifs is 1. The molecule has 0 bridgehead atoms. The molecule has 4 nitrogen and oxygen atoms in total. The van der Waals surface area contributed by atoms with Crippen LogP contribution in [0.5, 0.6) is 0 Å². The minimum absolute atomic E-state index is 0.194. The van der Waals surface area contributed by atoms with Crippen LogP contribution in [0.2, 0.25) is 0 Å². The van der Waals surface area contributed by atoms with Gasteiger partial charge in [0.1, 0.15) is 17.2 Å². The molecule has 0 unspecified atom stereocenters. The zero-order valence-electron chi connectivity index (χ0n) is 8.71. The molecular weight excluding hydrogens is 211 g/mol. The van der Waals surface area contributed by atoms with Crippen LogP contribution in [0.15, 0.2) is 18.2 Å². The third kappa shape index (κ3) is 1.60. The third-order valence-electron chi connectivity index (χ3n) is 2.27. The Balaban J connectivity index is 2.60. The largest absolute Gasteiger partial charge is 0.462 e. The molecule has 0 fully saturated rings. The number of H-pyrrole nitrogens is 1. The van der Waals surface area contributed by atoms with Gasteiger partial charge in [-0.1, -0.05) is 0 Å². The topological polar surface area (TPSA) is 68.1 Å². The minimum atomic E-state index is -0.502. The molecule has 1 aromatic carbocycles. The summed E-state index contributed by atoms with van der Waals surface area (Å²) in [5, 5.41) is 0.567. The maximum absolute atomic E-state index is 12.9. The van der Waals surface area contributed by atoms with Crippen LogP contribution in [0.3, 0.4) is 0 Å². The van der Waals surface area contributed by atoms with E-state index in [1.807, 2.05) is 0 Å². The first-order valence-corrected chi connectivity index (χ1v) is 4.87. The van der Waals surface area contributed by atoms with E-state index in [1.165, 1.54) is 18.2 Å². The molecule has 1 aromatic heterocycles. The Kier molecular flexibility index (Phi) is 2.52. The Bertz CT molecular complexity index is 548. The zero-order chi connectivity index (χ0) is 11.7. The van der Waals surface area contributed by atoms with Gasteiger partial charge in [-0.05, 0) is 25.1 Å². The summed E-state index contributed by atoms with van der Waals surface area (Å²) in [4.78, 5) is 14.4. The van der Waals surface area contributed by atoms with E-state index >= 15 is 0 Å². The average Bonchev–Trinajstić information content (AvgIpc) is 2.53. The number of nitrogen functional groups attached to an aromatic ring is 1. The lowest BCUT2D eigenvalue weighted by Crippen LogP contribution is -2.06. The summed E-state index contributed by atoms with van der Waals surface area (Å²) in [6.07, 6.45) is 0. The van der Waals surface area contributed by atoms with Gasteiger partial charge >= 0.3 is 5.97 Å². The maximum Gasteiger partial charge on any atom is 0.342 e. The molecule has 0 aliphatic carbocycles. The number of nitrogens with two attached hydrogens (primary N) is 1. The summed E-state index contributed by atoms with van der Waals surface area (Å²) in [7, 11) is 0. The zero-order valence-corrected chi connectivity index (χ0v) is 8.71. The summed E-state index contributed by atoms with van der Waals surface area (Å²) in [6.45, 7) is 1.98. The van der Waals surface area contributed by atoms with Gasteiger partial charge in [0.25, 0.3) is 0 Å². The summed E-state index contributed by atoms with van der Waals surface area (Å²) in [5.41, 5.74) is 6.40. The van der Waals surface area contributed by atoms with E-state index in [9.17, 15) is 9.18 Å². The summed E-state index contributed by atoms with van der Waals surface area (Å²) >= 11 is 0. The molecule has 0 aliphatic rings. The van der Waals surface area contributed by atoms with Crippen LogP contribution in [-0.2, 0) is 4.74 Å². The Hall–Kier alpha value is -2.04. The molecule has 0 amide bonds. The number of aromatic amines is 1. The number of carbonyl (C=O) groups excluding carboxylic acids is 1. The lowest BCUT2D eigenvalue weighted by Gasteiger charge is -2.00. The molecule has 0 saturated heterocycles. The Morgan fingerprint density at radius 1 is 1.56 bits per heavy atom. The van der Waals surface area contributed by atoms with E-state index in [4.69, 9.17) is 10.5 Å². The quantitative estimate of drug-likeness (QED) is 0.764. The molecular formula is C11H11FN2O2. The maximum atomic E-state index is 12.9. The van der Waals surface area contributed by atoms with E-state index in [0.29, 0.717) is 10.9 Å². The normalized spacial score (nSPS) is 10.6. The van der Waals surface area contributed by atoms with Gasteiger partial charge in [-0.15, -0.1) is 0 Å². The van der Waals surface area contributed by atoms with Crippen molar-refractivity contribution in [2.45, 2.75) is 6.92 Å². The second-order valence-corrected chi connectivity index (χ2v) is 3.32. The van der Waals surface area contributed by atoms with Crippen molar-refractivity contribution in [2.24, 2.45) is 0 Å². The van der Waals surface area contributed by atoms with Crippen LogP contribution < -0.4 is 5.73 Å². The molecule has 0 spiro atoms. The molecule has 3 N–H and O–H groups in total. The van der Waals surface area contributed by atoms with Crippen LogP contribution in [0, 0.1) is 5.82 Å². The number of benzene rings is 1. The van der Waals surface area contributed by atoms with Crippen LogP contribution in [0.25, 0.3) is 10.9 Å². The highest BCUT2D eigenvalue weighted by Crippen LogP contribution is 2.25. The molecule has 2 aromatic rings. The van der Waals surface area contributed by atoms with Crippen molar-refractivity contribution in [2.75, 3.05) is 12.3 Å². The fourth-order valence-electron chi connectivity index (χ4n) is 1.61. The standard InChI is InChI=1S/C11H11FN2O2/c1-2-16-11(15)9-7-4-3-6(12)5-8(7)14-10(9)13/h3-5,14H,2,13H2,1H3. The average molecular weight is 222 g/mol. The summed E-state index contributed by atoms with van der Waals surface area (Å²) < 4.78 is 17.8. The number of esters is 1. The molecule has 16 heavy (non-hydrogen) atoms. The molecule has 2 rings (SSSR count). The third-order valence-corrected chi connectivity index (χ3v) is 2.27. The van der Waals surface area contributed by atoms with Crippen molar-refractivity contribution in [1.29, 1.82) is 0 Å². The summed E-state index contributed by atoms with van der Waals surface area (Å²) in [6, 6.07) is 4.07. The van der Waals surface area contributed by atoms with Gasteiger partial charge in [-0.25, -0.2) is 9.18 Å². The minimum Gasteiger partial charge on any atom is -0.462 e. The fourth-order valence-corrected chi connectivity index (χ4v) is 1.61. The molecule has 84 valence electrons. The highest BCUT2D eigenvalue weighted by molar-refractivity contribution is 6.08. The van der Waals surface area contributed by atoms with Crippen molar-refractivity contribution in [3.63, 3.8) is 0 Å². The highest BCUT2D eigenvalue weighted by Gasteiger charge is 2.17. The van der Waals surface area contributed by atoms with E-state index in [2.05, 4.69) is 4.98 Å². The fraction of sp³-hybridized carbons (Fsp3) is 0.182. The predicted molar refractivity (Wildman–Crippen MR) is 58.6 cm³/mol. The number of nitrogens with one attached hydrogen (secondary N) is 1. The van der Waals surface area contributed by atoms with E-state index in [1.54, 1.807) is 6.92 Å². The van der Waals surface area contributed by atoms with Gasteiger partial charge < -0.3 is 15.5 Å². The molecule has 0 aliphatic heterocycles. The van der Waals surface area contributed by atoms with Crippen LogP contribution in [0.4, 0.5) is 10.2 Å². The molecule has 5 heteroatoms. The first kappa shape index (κ1) is 10.5. The Morgan fingerprint density at radius 3 is 3.00 bits per heavy atom. The van der Waals surface area contributed by atoms with Gasteiger partial charge in [-0.2, -0.15) is 0 Å². The van der Waals surface area contributed by atoms with Crippen molar-refractivity contribution in [3.05, 3.63) is 29.6 Å². The first-order chi connectivity index (χ1) is 7.63.